The summed E-state index contributed by atoms with van der Waals surface area (Å²) in [6, 6.07) is 7.74. The van der Waals surface area contributed by atoms with Crippen molar-refractivity contribution >= 4 is 27.5 Å². The van der Waals surface area contributed by atoms with E-state index in [1.54, 1.807) is 5.01 Å². The third-order valence-electron chi connectivity index (χ3n) is 2.03. The first-order chi connectivity index (χ1) is 6.66. The molecule has 1 saturated heterocycles. The lowest BCUT2D eigenvalue weighted by molar-refractivity contribution is -0.116. The molecular weight excluding hydrogens is 244 g/mol. The topological polar surface area (TPSA) is 32.3 Å². The van der Waals surface area contributed by atoms with Gasteiger partial charge in [0.2, 0.25) is 0 Å². The molecule has 1 aromatic rings. The van der Waals surface area contributed by atoms with Crippen LogP contribution < -0.4 is 10.4 Å². The number of carbonyl (C=O) groups is 1. The van der Waals surface area contributed by atoms with Crippen LogP contribution >= 0.6 is 15.9 Å². The van der Waals surface area contributed by atoms with Crippen LogP contribution in [-0.2, 0) is 4.79 Å². The lowest BCUT2D eigenvalue weighted by atomic mass is 10.3. The van der Waals surface area contributed by atoms with Gasteiger partial charge in [-0.1, -0.05) is 28.6 Å². The molecule has 0 aliphatic carbocycles. The van der Waals surface area contributed by atoms with Crippen molar-refractivity contribution in [1.29, 1.82) is 0 Å². The molecule has 4 heteroatoms. The number of nitrogens with one attached hydrogen (secondary N) is 1. The summed E-state index contributed by atoms with van der Waals surface area (Å²) in [5.74, 6) is -0.107. The van der Waals surface area contributed by atoms with Crippen molar-refractivity contribution < 1.29 is 4.79 Å². The van der Waals surface area contributed by atoms with E-state index in [0.29, 0.717) is 12.1 Å². The van der Waals surface area contributed by atoms with Gasteiger partial charge in [-0.05, 0) is 18.2 Å². The van der Waals surface area contributed by atoms with Crippen LogP contribution in [0.25, 0.3) is 0 Å². The van der Waals surface area contributed by atoms with E-state index in [2.05, 4.69) is 27.9 Å². The quantitative estimate of drug-likeness (QED) is 0.775. The van der Waals surface area contributed by atoms with Gasteiger partial charge >= 0.3 is 0 Å². The highest BCUT2D eigenvalue weighted by Crippen LogP contribution is 2.21. The van der Waals surface area contributed by atoms with Crippen LogP contribution in [0.4, 0.5) is 5.69 Å². The fourth-order valence-corrected chi connectivity index (χ4v) is 1.69. The third-order valence-corrected chi connectivity index (χ3v) is 2.52. The summed E-state index contributed by atoms with van der Waals surface area (Å²) in [6.07, 6.45) is 0. The number of amides is 1. The van der Waals surface area contributed by atoms with Crippen molar-refractivity contribution in [2.24, 2.45) is 0 Å². The summed E-state index contributed by atoms with van der Waals surface area (Å²) in [4.78, 5) is 11.2. The van der Waals surface area contributed by atoms with Crippen LogP contribution in [0.3, 0.4) is 0 Å². The van der Waals surface area contributed by atoms with Crippen molar-refractivity contribution in [2.45, 2.75) is 0 Å². The maximum absolute atomic E-state index is 11.2. The minimum absolute atomic E-state index is 0.107. The molecule has 2 rings (SSSR count). The van der Waals surface area contributed by atoms with E-state index in [9.17, 15) is 4.79 Å². The highest BCUT2D eigenvalue weighted by molar-refractivity contribution is 9.10. The first-order valence-corrected chi connectivity index (χ1v) is 4.98. The summed E-state index contributed by atoms with van der Waals surface area (Å²) >= 11 is 3.38. The van der Waals surface area contributed by atoms with Gasteiger partial charge in [0.25, 0.3) is 5.91 Å². The number of hydrogen-bond acceptors (Lipinski definition) is 2. The molecule has 1 aliphatic rings. The number of rotatable bonds is 1. The van der Waals surface area contributed by atoms with Crippen LogP contribution in [0.2, 0.25) is 0 Å². The minimum Gasteiger partial charge on any atom is -0.281 e. The zero-order chi connectivity index (χ0) is 10.1. The molecule has 72 valence electrons. The van der Waals surface area contributed by atoms with E-state index < -0.39 is 0 Å². The number of benzene rings is 1. The number of carbonyl (C=O) groups excluding carboxylic acids is 1. The highest BCUT2D eigenvalue weighted by Gasteiger charge is 2.22. The van der Waals surface area contributed by atoms with E-state index >= 15 is 0 Å². The Morgan fingerprint density at radius 1 is 1.50 bits per heavy atom. The zero-order valence-electron chi connectivity index (χ0n) is 7.46. The van der Waals surface area contributed by atoms with Crippen LogP contribution in [0.15, 0.2) is 40.9 Å². The summed E-state index contributed by atoms with van der Waals surface area (Å²) in [7, 11) is 0. The van der Waals surface area contributed by atoms with Gasteiger partial charge in [0.05, 0.1) is 12.2 Å². The van der Waals surface area contributed by atoms with Crippen molar-refractivity contribution in [1.82, 2.24) is 5.43 Å². The molecule has 1 fully saturated rings. The molecule has 1 amide bonds. The molecule has 1 heterocycles. The van der Waals surface area contributed by atoms with Gasteiger partial charge in [0, 0.05) is 10.0 Å². The van der Waals surface area contributed by atoms with E-state index in [1.807, 2.05) is 24.3 Å². The monoisotopic (exact) mass is 252 g/mol. The highest BCUT2D eigenvalue weighted by atomic mass is 79.9. The van der Waals surface area contributed by atoms with Crippen molar-refractivity contribution in [3.8, 4) is 0 Å². The van der Waals surface area contributed by atoms with E-state index in [0.717, 1.165) is 10.2 Å². The molecule has 3 nitrogen and oxygen atoms in total. The molecule has 0 unspecified atom stereocenters. The fraction of sp³-hybridized carbons (Fsp3) is 0.100. The van der Waals surface area contributed by atoms with E-state index in [-0.39, 0.29) is 5.91 Å². The molecule has 1 N–H and O–H groups in total. The predicted molar refractivity (Wildman–Crippen MR) is 58.8 cm³/mol. The Hall–Kier alpha value is -1.29. The number of halogens is 1. The van der Waals surface area contributed by atoms with E-state index in [4.69, 9.17) is 0 Å². The first kappa shape index (κ1) is 9.27. The average Bonchev–Trinajstić information content (AvgIpc) is 2.47. The Morgan fingerprint density at radius 2 is 2.29 bits per heavy atom. The Balaban J connectivity index is 2.25. The summed E-state index contributed by atoms with van der Waals surface area (Å²) in [6.45, 7) is 4.20. The Labute approximate surface area is 90.5 Å². The van der Waals surface area contributed by atoms with Crippen molar-refractivity contribution in [3.05, 3.63) is 40.9 Å². The molecule has 0 saturated carbocycles. The predicted octanol–water partition coefficient (Wildman–Crippen LogP) is 1.86. The molecule has 0 bridgehead atoms. The van der Waals surface area contributed by atoms with Crippen LogP contribution in [-0.4, -0.2) is 12.5 Å². The van der Waals surface area contributed by atoms with Gasteiger partial charge in [0.15, 0.2) is 0 Å². The van der Waals surface area contributed by atoms with Crippen LogP contribution in [0, 0.1) is 0 Å². The fourth-order valence-electron chi connectivity index (χ4n) is 1.30. The van der Waals surface area contributed by atoms with E-state index in [1.165, 1.54) is 0 Å². The second kappa shape index (κ2) is 3.46. The van der Waals surface area contributed by atoms with Gasteiger partial charge in [-0.25, -0.2) is 0 Å². The summed E-state index contributed by atoms with van der Waals surface area (Å²) in [5, 5.41) is 1.77. The Bertz CT molecular complexity index is 387. The number of anilines is 1. The summed E-state index contributed by atoms with van der Waals surface area (Å²) in [5.41, 5.74) is 4.26. The zero-order valence-corrected chi connectivity index (χ0v) is 9.04. The molecule has 0 atom stereocenters. The average molecular weight is 253 g/mol. The van der Waals surface area contributed by atoms with Crippen molar-refractivity contribution in [3.63, 3.8) is 0 Å². The molecular formula is C10H9BrN2O. The minimum atomic E-state index is -0.107. The lowest BCUT2D eigenvalue weighted by Crippen LogP contribution is -2.32. The maximum Gasteiger partial charge on any atom is 0.267 e. The molecule has 0 spiro atoms. The second-order valence-electron chi connectivity index (χ2n) is 3.11. The molecule has 14 heavy (non-hydrogen) atoms. The van der Waals surface area contributed by atoms with Gasteiger partial charge in [0.1, 0.15) is 0 Å². The Morgan fingerprint density at radius 3 is 2.86 bits per heavy atom. The number of hydrogen-bond donors (Lipinski definition) is 1. The van der Waals surface area contributed by atoms with Gasteiger partial charge in [-0.3, -0.25) is 15.2 Å². The third kappa shape index (κ3) is 1.65. The van der Waals surface area contributed by atoms with Crippen molar-refractivity contribution in [2.75, 3.05) is 11.6 Å². The molecule has 0 aromatic heterocycles. The molecule has 1 aliphatic heterocycles. The molecule has 1 aromatic carbocycles. The number of nitrogens with zero attached hydrogens (tertiary/aromatic N) is 1. The van der Waals surface area contributed by atoms with Crippen LogP contribution in [0.5, 0.6) is 0 Å². The Kier molecular flexibility index (Phi) is 2.29. The van der Waals surface area contributed by atoms with Crippen LogP contribution in [0.1, 0.15) is 0 Å². The second-order valence-corrected chi connectivity index (χ2v) is 4.03. The first-order valence-electron chi connectivity index (χ1n) is 4.19. The standard InChI is InChI=1S/C10H9BrN2O/c1-7-6-13(12-10(7)14)9-4-2-3-8(11)5-9/h2-5H,1,6H2,(H,12,14). The lowest BCUT2D eigenvalue weighted by Gasteiger charge is -2.16. The smallest absolute Gasteiger partial charge is 0.267 e. The van der Waals surface area contributed by atoms with Gasteiger partial charge in [-0.15, -0.1) is 0 Å². The maximum atomic E-state index is 11.2. The number of hydrazine groups is 1. The largest absolute Gasteiger partial charge is 0.281 e. The van der Waals surface area contributed by atoms with Gasteiger partial charge in [-0.2, -0.15) is 0 Å². The SMILES string of the molecule is C=C1CN(c2cccc(Br)c2)NC1=O. The molecule has 0 radical (unpaired) electrons. The normalized spacial score (nSPS) is 15.9. The summed E-state index contributed by atoms with van der Waals surface area (Å²) < 4.78 is 0.988. The van der Waals surface area contributed by atoms with Gasteiger partial charge < -0.3 is 0 Å².